The van der Waals surface area contributed by atoms with Gasteiger partial charge in [0.25, 0.3) is 0 Å². The Morgan fingerprint density at radius 1 is 0.750 bits per heavy atom. The quantitative estimate of drug-likeness (QED) is 0.544. The lowest BCUT2D eigenvalue weighted by Gasteiger charge is -2.09. The minimum atomic E-state index is -0.0185. The molecule has 4 heteroatoms. The number of aliphatic hydroxyl groups excluding tert-OH is 2. The maximum atomic E-state index is 8.46. The van der Waals surface area contributed by atoms with Gasteiger partial charge >= 0.3 is 0 Å². The van der Waals surface area contributed by atoms with Crippen molar-refractivity contribution in [2.75, 3.05) is 13.2 Å². The Morgan fingerprint density at radius 3 is 1.06 bits per heavy atom. The third-order valence-electron chi connectivity index (χ3n) is 2.02. The zero-order valence-electron chi connectivity index (χ0n) is 11.2. The second kappa shape index (κ2) is 11.3. The molecular formula is C12H30N2O2. The fourth-order valence-corrected chi connectivity index (χ4v) is 1.36. The first kappa shape index (κ1) is 18.2. The zero-order chi connectivity index (χ0) is 13.1. The van der Waals surface area contributed by atoms with E-state index in [1.54, 1.807) is 0 Å². The second-order valence-corrected chi connectivity index (χ2v) is 5.14. The molecule has 0 saturated carbocycles. The van der Waals surface area contributed by atoms with E-state index in [0.29, 0.717) is 11.8 Å². The van der Waals surface area contributed by atoms with E-state index >= 15 is 0 Å². The standard InChI is InChI=1S/2C6H15NO/c2*1-5(2)3-6(7)4-8/h2*5-6,8H,3-4,7H2,1-2H3/t2*6-/m00/s1. The normalized spacial score (nSPS) is 14.6. The van der Waals surface area contributed by atoms with Crippen LogP contribution >= 0.6 is 0 Å². The van der Waals surface area contributed by atoms with Gasteiger partial charge in [0.1, 0.15) is 0 Å². The third-order valence-corrected chi connectivity index (χ3v) is 2.02. The highest BCUT2D eigenvalue weighted by atomic mass is 16.3. The Balaban J connectivity index is 0. The first-order valence-corrected chi connectivity index (χ1v) is 6.06. The van der Waals surface area contributed by atoms with Crippen molar-refractivity contribution in [3.63, 3.8) is 0 Å². The van der Waals surface area contributed by atoms with Crippen molar-refractivity contribution in [2.45, 2.75) is 52.6 Å². The molecule has 4 nitrogen and oxygen atoms in total. The number of rotatable bonds is 6. The van der Waals surface area contributed by atoms with E-state index in [2.05, 4.69) is 27.7 Å². The van der Waals surface area contributed by atoms with Crippen molar-refractivity contribution in [3.8, 4) is 0 Å². The van der Waals surface area contributed by atoms with Crippen LogP contribution < -0.4 is 11.5 Å². The molecule has 0 heterocycles. The predicted octanol–water partition coefficient (Wildman–Crippen LogP) is 0.704. The van der Waals surface area contributed by atoms with Crippen LogP contribution in [0.4, 0.5) is 0 Å². The molecule has 0 amide bonds. The van der Waals surface area contributed by atoms with Crippen molar-refractivity contribution in [2.24, 2.45) is 23.3 Å². The van der Waals surface area contributed by atoms with Crippen LogP contribution in [0, 0.1) is 11.8 Å². The lowest BCUT2D eigenvalue weighted by atomic mass is 10.1. The molecule has 6 N–H and O–H groups in total. The van der Waals surface area contributed by atoms with Crippen molar-refractivity contribution in [1.29, 1.82) is 0 Å². The predicted molar refractivity (Wildman–Crippen MR) is 69.0 cm³/mol. The molecule has 0 radical (unpaired) electrons. The molecule has 100 valence electrons. The van der Waals surface area contributed by atoms with E-state index in [4.69, 9.17) is 21.7 Å². The van der Waals surface area contributed by atoms with Crippen molar-refractivity contribution in [3.05, 3.63) is 0 Å². The van der Waals surface area contributed by atoms with Gasteiger partial charge in [-0.05, 0) is 24.7 Å². The molecule has 0 aliphatic carbocycles. The summed E-state index contributed by atoms with van der Waals surface area (Å²) in [5.41, 5.74) is 10.8. The van der Waals surface area contributed by atoms with Gasteiger partial charge in [-0.2, -0.15) is 0 Å². The molecule has 0 saturated heterocycles. The van der Waals surface area contributed by atoms with Crippen LogP contribution in [-0.4, -0.2) is 35.5 Å². The van der Waals surface area contributed by atoms with Crippen LogP contribution in [0.2, 0.25) is 0 Å². The van der Waals surface area contributed by atoms with Gasteiger partial charge in [-0.15, -0.1) is 0 Å². The molecule has 0 unspecified atom stereocenters. The number of hydrogen-bond acceptors (Lipinski definition) is 4. The second-order valence-electron chi connectivity index (χ2n) is 5.14. The van der Waals surface area contributed by atoms with E-state index in [1.807, 2.05) is 0 Å². The van der Waals surface area contributed by atoms with Crippen LogP contribution in [0.25, 0.3) is 0 Å². The maximum absolute atomic E-state index is 8.46. The van der Waals surface area contributed by atoms with Gasteiger partial charge < -0.3 is 21.7 Å². The summed E-state index contributed by atoms with van der Waals surface area (Å²) in [6.07, 6.45) is 1.83. The summed E-state index contributed by atoms with van der Waals surface area (Å²) in [6, 6.07) is -0.0370. The van der Waals surface area contributed by atoms with Crippen LogP contribution in [-0.2, 0) is 0 Å². The molecule has 0 spiro atoms. The minimum Gasteiger partial charge on any atom is -0.395 e. The summed E-state index contributed by atoms with van der Waals surface area (Å²) >= 11 is 0. The first-order chi connectivity index (χ1) is 7.33. The summed E-state index contributed by atoms with van der Waals surface area (Å²) < 4.78 is 0. The lowest BCUT2D eigenvalue weighted by Crippen LogP contribution is -2.25. The maximum Gasteiger partial charge on any atom is 0.0582 e. The molecule has 0 bridgehead atoms. The van der Waals surface area contributed by atoms with Gasteiger partial charge in [0.2, 0.25) is 0 Å². The Kier molecular flexibility index (Phi) is 12.9. The largest absolute Gasteiger partial charge is 0.395 e. The molecule has 0 aliphatic rings. The van der Waals surface area contributed by atoms with E-state index in [9.17, 15) is 0 Å². The minimum absolute atomic E-state index is 0.0185. The molecule has 0 rings (SSSR count). The highest BCUT2D eigenvalue weighted by Gasteiger charge is 2.02. The highest BCUT2D eigenvalue weighted by molar-refractivity contribution is 4.60. The molecule has 2 atom stereocenters. The van der Waals surface area contributed by atoms with Crippen LogP contribution in [0.5, 0.6) is 0 Å². The van der Waals surface area contributed by atoms with E-state index in [-0.39, 0.29) is 25.3 Å². The summed E-state index contributed by atoms with van der Waals surface area (Å²) in [6.45, 7) is 8.59. The molecule has 0 fully saturated rings. The average Bonchev–Trinajstić information content (AvgIpc) is 2.16. The molecule has 0 aromatic carbocycles. The third kappa shape index (κ3) is 16.3. The topological polar surface area (TPSA) is 92.5 Å². The van der Waals surface area contributed by atoms with Crippen molar-refractivity contribution in [1.82, 2.24) is 0 Å². The SMILES string of the molecule is CC(C)C[C@H](N)CO.CC(C)C[C@H](N)CO. The van der Waals surface area contributed by atoms with Crippen molar-refractivity contribution >= 4 is 0 Å². The number of hydrogen-bond donors (Lipinski definition) is 4. The van der Waals surface area contributed by atoms with Gasteiger partial charge in [-0.25, -0.2) is 0 Å². The van der Waals surface area contributed by atoms with Gasteiger partial charge in [0.15, 0.2) is 0 Å². The average molecular weight is 234 g/mol. The summed E-state index contributed by atoms with van der Waals surface area (Å²) in [5.74, 6) is 1.19. The molecule has 16 heavy (non-hydrogen) atoms. The molecule has 0 aliphatic heterocycles. The molecule has 0 aromatic rings. The Morgan fingerprint density at radius 2 is 1.00 bits per heavy atom. The smallest absolute Gasteiger partial charge is 0.0582 e. The fourth-order valence-electron chi connectivity index (χ4n) is 1.36. The van der Waals surface area contributed by atoms with Gasteiger partial charge in [-0.1, -0.05) is 27.7 Å². The monoisotopic (exact) mass is 234 g/mol. The molecular weight excluding hydrogens is 204 g/mol. The lowest BCUT2D eigenvalue weighted by molar-refractivity contribution is 0.250. The van der Waals surface area contributed by atoms with E-state index in [0.717, 1.165) is 12.8 Å². The fraction of sp³-hybridized carbons (Fsp3) is 1.00. The Bertz CT molecular complexity index is 125. The van der Waals surface area contributed by atoms with E-state index < -0.39 is 0 Å². The van der Waals surface area contributed by atoms with Crippen LogP contribution in [0.15, 0.2) is 0 Å². The number of nitrogens with two attached hydrogens (primary N) is 2. The van der Waals surface area contributed by atoms with Gasteiger partial charge in [-0.3, -0.25) is 0 Å². The summed E-state index contributed by atoms with van der Waals surface area (Å²) in [7, 11) is 0. The first-order valence-electron chi connectivity index (χ1n) is 6.06. The van der Waals surface area contributed by atoms with Crippen LogP contribution in [0.1, 0.15) is 40.5 Å². The van der Waals surface area contributed by atoms with Crippen LogP contribution in [0.3, 0.4) is 0 Å². The summed E-state index contributed by atoms with van der Waals surface area (Å²) in [4.78, 5) is 0. The molecule has 0 aromatic heterocycles. The van der Waals surface area contributed by atoms with Gasteiger partial charge in [0, 0.05) is 12.1 Å². The van der Waals surface area contributed by atoms with Gasteiger partial charge in [0.05, 0.1) is 13.2 Å². The van der Waals surface area contributed by atoms with E-state index in [1.165, 1.54) is 0 Å². The number of aliphatic hydroxyl groups is 2. The highest BCUT2D eigenvalue weighted by Crippen LogP contribution is 2.01. The summed E-state index contributed by atoms with van der Waals surface area (Å²) in [5, 5.41) is 16.9. The zero-order valence-corrected chi connectivity index (χ0v) is 11.2. The Hall–Kier alpha value is -0.160. The van der Waals surface area contributed by atoms with Crippen molar-refractivity contribution < 1.29 is 10.2 Å². The Labute approximate surface area is 100 Å².